The van der Waals surface area contributed by atoms with Gasteiger partial charge in [0, 0.05) is 12.8 Å². The Morgan fingerprint density at radius 1 is 0.342 bits per heavy atom. The van der Waals surface area contributed by atoms with Gasteiger partial charge in [-0.2, -0.15) is 0 Å². The summed E-state index contributed by atoms with van der Waals surface area (Å²) < 4.78 is 5.50. The zero-order valence-corrected chi connectivity index (χ0v) is 53.4. The van der Waals surface area contributed by atoms with Crippen LogP contribution in [0.3, 0.4) is 0 Å². The molecule has 0 aliphatic carbocycles. The molecule has 3 N–H and O–H groups in total. The van der Waals surface area contributed by atoms with Gasteiger partial charge in [0.05, 0.1) is 25.4 Å². The third-order valence-corrected chi connectivity index (χ3v) is 16.6. The fraction of sp³-hybridized carbons (Fsp3) is 0.890. The van der Waals surface area contributed by atoms with Crippen molar-refractivity contribution in [2.24, 2.45) is 0 Å². The first-order valence-corrected chi connectivity index (χ1v) is 35.8. The van der Waals surface area contributed by atoms with Crippen molar-refractivity contribution in [3.63, 3.8) is 0 Å². The lowest BCUT2D eigenvalue weighted by Gasteiger charge is -2.20. The van der Waals surface area contributed by atoms with E-state index in [-0.39, 0.29) is 18.5 Å². The molecule has 0 aromatic heterocycles. The lowest BCUT2D eigenvalue weighted by molar-refractivity contribution is -0.143. The number of esters is 1. The van der Waals surface area contributed by atoms with E-state index in [1.54, 1.807) is 6.08 Å². The highest BCUT2D eigenvalue weighted by atomic mass is 16.5. The molecule has 0 saturated heterocycles. The van der Waals surface area contributed by atoms with Gasteiger partial charge in [-0.15, -0.1) is 0 Å². The predicted molar refractivity (Wildman–Crippen MR) is 347 cm³/mol. The Morgan fingerprint density at radius 3 is 0.899 bits per heavy atom. The van der Waals surface area contributed by atoms with Crippen molar-refractivity contribution in [2.75, 3.05) is 13.2 Å². The van der Waals surface area contributed by atoms with Crippen LogP contribution >= 0.6 is 0 Å². The summed E-state index contributed by atoms with van der Waals surface area (Å²) in [5.74, 6) is -0.0528. The number of rotatable bonds is 67. The van der Waals surface area contributed by atoms with Gasteiger partial charge in [0.1, 0.15) is 0 Å². The summed E-state index contributed by atoms with van der Waals surface area (Å²) in [6, 6.07) is -0.625. The Kier molecular flexibility index (Phi) is 66.9. The van der Waals surface area contributed by atoms with Crippen LogP contribution in [-0.4, -0.2) is 47.4 Å². The Bertz CT molecular complexity index is 1280. The molecule has 0 aromatic carbocycles. The molecular weight excluding hydrogens is 971 g/mol. The third kappa shape index (κ3) is 65.1. The van der Waals surface area contributed by atoms with Crippen LogP contribution in [0.1, 0.15) is 393 Å². The van der Waals surface area contributed by atoms with Crippen molar-refractivity contribution in [3.05, 3.63) is 36.5 Å². The number of hydrogen-bond donors (Lipinski definition) is 3. The molecule has 6 heteroatoms. The molecule has 0 fully saturated rings. The van der Waals surface area contributed by atoms with Crippen LogP contribution in [0, 0.1) is 0 Å². The maximum atomic E-state index is 12.5. The van der Waals surface area contributed by atoms with E-state index in [1.165, 1.54) is 321 Å². The molecule has 0 heterocycles. The van der Waals surface area contributed by atoms with E-state index < -0.39 is 12.1 Å². The number of aliphatic hydroxyl groups excluding tert-OH is 2. The average Bonchev–Trinajstić information content (AvgIpc) is 3.45. The van der Waals surface area contributed by atoms with Gasteiger partial charge in [0.2, 0.25) is 5.91 Å². The second-order valence-corrected chi connectivity index (χ2v) is 24.6. The Balaban J connectivity index is 3.36. The molecule has 0 aromatic rings. The van der Waals surface area contributed by atoms with Crippen LogP contribution < -0.4 is 5.32 Å². The van der Waals surface area contributed by atoms with Gasteiger partial charge in [0.25, 0.3) is 0 Å². The van der Waals surface area contributed by atoms with Crippen LogP contribution in [-0.2, 0) is 14.3 Å². The van der Waals surface area contributed by atoms with Crippen molar-refractivity contribution in [2.45, 2.75) is 405 Å². The monoisotopic (exact) mass is 1110 g/mol. The highest BCUT2D eigenvalue weighted by Crippen LogP contribution is 2.18. The summed E-state index contributed by atoms with van der Waals surface area (Å²) in [6.45, 7) is 4.92. The molecule has 0 saturated carbocycles. The van der Waals surface area contributed by atoms with E-state index in [9.17, 15) is 19.8 Å². The normalized spacial score (nSPS) is 12.7. The van der Waals surface area contributed by atoms with E-state index in [0.29, 0.717) is 19.4 Å². The number of carbonyl (C=O) groups is 2. The van der Waals surface area contributed by atoms with Crippen molar-refractivity contribution in [1.82, 2.24) is 5.32 Å². The summed E-state index contributed by atoms with van der Waals surface area (Å²) in [6.07, 6.45) is 88.1. The molecule has 0 radical (unpaired) electrons. The second kappa shape index (κ2) is 68.6. The van der Waals surface area contributed by atoms with Crippen LogP contribution in [0.5, 0.6) is 0 Å². The molecule has 0 bridgehead atoms. The number of ether oxygens (including phenoxy) is 1. The molecule has 79 heavy (non-hydrogen) atoms. The topological polar surface area (TPSA) is 95.9 Å². The van der Waals surface area contributed by atoms with Gasteiger partial charge in [-0.1, -0.05) is 333 Å². The Morgan fingerprint density at radius 2 is 0.595 bits per heavy atom. The molecule has 466 valence electrons. The maximum absolute atomic E-state index is 12.5. The fourth-order valence-electron chi connectivity index (χ4n) is 11.2. The lowest BCUT2D eigenvalue weighted by atomic mass is 10.0. The average molecular weight is 1110 g/mol. The van der Waals surface area contributed by atoms with Gasteiger partial charge >= 0.3 is 5.97 Å². The van der Waals surface area contributed by atoms with Crippen molar-refractivity contribution >= 4 is 11.9 Å². The summed E-state index contributed by atoms with van der Waals surface area (Å²) in [4.78, 5) is 24.6. The van der Waals surface area contributed by atoms with Gasteiger partial charge < -0.3 is 20.3 Å². The molecular formula is C73H139NO5. The highest BCUT2D eigenvalue weighted by Gasteiger charge is 2.18. The number of carbonyl (C=O) groups excluding carboxylic acids is 2. The molecule has 0 rings (SSSR count). The molecule has 2 atom stereocenters. The van der Waals surface area contributed by atoms with E-state index in [4.69, 9.17) is 4.74 Å². The molecule has 0 aliphatic heterocycles. The number of aliphatic hydroxyl groups is 2. The largest absolute Gasteiger partial charge is 0.466 e. The first-order chi connectivity index (χ1) is 39.0. The Labute approximate surface area is 494 Å². The minimum atomic E-state index is -0.842. The van der Waals surface area contributed by atoms with Crippen molar-refractivity contribution in [3.8, 4) is 0 Å². The van der Waals surface area contributed by atoms with E-state index in [0.717, 1.165) is 44.9 Å². The van der Waals surface area contributed by atoms with Crippen LogP contribution in [0.15, 0.2) is 36.5 Å². The SMILES string of the molecule is CCCCCCCCC/C=C\CCCCCCCC(=O)OCCCCCCCCCCCCCC/C=C\CCCCCCCCCCCCCCCCCCC(=O)NC(CO)C(O)/C=C/CCCCCCCCCCCCCC. The number of unbranched alkanes of at least 4 members (excludes halogenated alkanes) is 52. The fourth-order valence-corrected chi connectivity index (χ4v) is 11.2. The van der Waals surface area contributed by atoms with E-state index in [1.807, 2.05) is 6.08 Å². The Hall–Kier alpha value is -1.92. The van der Waals surface area contributed by atoms with Crippen molar-refractivity contribution in [1.29, 1.82) is 0 Å². The van der Waals surface area contributed by atoms with E-state index in [2.05, 4.69) is 43.5 Å². The zero-order valence-electron chi connectivity index (χ0n) is 53.4. The van der Waals surface area contributed by atoms with Crippen LogP contribution in [0.25, 0.3) is 0 Å². The molecule has 0 aliphatic rings. The minimum Gasteiger partial charge on any atom is -0.466 e. The number of allylic oxidation sites excluding steroid dienone is 5. The number of nitrogens with one attached hydrogen (secondary N) is 1. The third-order valence-electron chi connectivity index (χ3n) is 16.6. The second-order valence-electron chi connectivity index (χ2n) is 24.6. The highest BCUT2D eigenvalue weighted by molar-refractivity contribution is 5.76. The summed E-state index contributed by atoms with van der Waals surface area (Å²) in [5.41, 5.74) is 0. The summed E-state index contributed by atoms with van der Waals surface area (Å²) in [7, 11) is 0. The van der Waals surface area contributed by atoms with E-state index >= 15 is 0 Å². The van der Waals surface area contributed by atoms with Gasteiger partial charge in [0.15, 0.2) is 0 Å². The molecule has 2 unspecified atom stereocenters. The molecule has 6 nitrogen and oxygen atoms in total. The minimum absolute atomic E-state index is 0.0109. The van der Waals surface area contributed by atoms with Gasteiger partial charge in [-0.05, 0) is 83.5 Å². The summed E-state index contributed by atoms with van der Waals surface area (Å²) >= 11 is 0. The number of amides is 1. The molecule has 1 amide bonds. The van der Waals surface area contributed by atoms with Gasteiger partial charge in [-0.25, -0.2) is 0 Å². The number of hydrogen-bond acceptors (Lipinski definition) is 5. The summed E-state index contributed by atoms with van der Waals surface area (Å²) in [5, 5.41) is 23.1. The van der Waals surface area contributed by atoms with Crippen LogP contribution in [0.2, 0.25) is 0 Å². The van der Waals surface area contributed by atoms with Crippen molar-refractivity contribution < 1.29 is 24.5 Å². The zero-order chi connectivity index (χ0) is 57.1. The standard InChI is InChI=1S/C73H139NO5/c1-3-5-7-9-11-13-15-17-19-39-43-47-51-55-59-63-67-73(78)79-68-64-60-56-52-48-44-40-37-35-33-31-29-27-25-23-21-20-22-24-26-28-30-32-34-36-38-42-46-50-54-58-62-66-72(77)74-70(69-75)71(76)65-61-57-53-49-45-41-18-16-14-12-10-8-6-4-2/h19,23,25,39,61,65,70-71,75-76H,3-18,20-22,24,26-38,40-60,62-64,66-69H2,1-2H3,(H,74,77)/b25-23-,39-19-,65-61+. The first-order valence-electron chi connectivity index (χ1n) is 35.8. The smallest absolute Gasteiger partial charge is 0.305 e. The lowest BCUT2D eigenvalue weighted by Crippen LogP contribution is -2.45. The quantitative estimate of drug-likeness (QED) is 0.0320. The van der Waals surface area contributed by atoms with Gasteiger partial charge in [-0.3, -0.25) is 9.59 Å². The first kappa shape index (κ1) is 77.1. The molecule has 0 spiro atoms. The predicted octanol–water partition coefficient (Wildman–Crippen LogP) is 23.1. The maximum Gasteiger partial charge on any atom is 0.305 e. The van der Waals surface area contributed by atoms with Crippen LogP contribution in [0.4, 0.5) is 0 Å².